The maximum absolute atomic E-state index is 12.6. The lowest BCUT2D eigenvalue weighted by Crippen LogP contribution is -2.34. The third kappa shape index (κ3) is 37.9. The van der Waals surface area contributed by atoms with Gasteiger partial charge in [-0.05, 0) is 57.8 Å². The number of rotatable bonds is 38. The van der Waals surface area contributed by atoms with E-state index >= 15 is 0 Å². The SMILES string of the molecule is CC/C=C/C/C=C/C/C=C/C/C=C/C/C=C/CCCCCC(=O)OC[C@@H](COP(=O)(O)OC[C@@H](N)C(=O)O)OC(=O)CCCCCCCCCCCCCC. The number of carbonyl (C=O) groups is 3. The van der Waals surface area contributed by atoms with Gasteiger partial charge in [0, 0.05) is 12.8 Å². The molecule has 0 saturated carbocycles. The first kappa shape index (κ1) is 52.2. The van der Waals surface area contributed by atoms with Gasteiger partial charge in [0.15, 0.2) is 6.10 Å². The van der Waals surface area contributed by atoms with Crippen molar-refractivity contribution in [3.8, 4) is 0 Å². The number of nitrogens with two attached hydrogens (primary N) is 1. The zero-order valence-electron chi connectivity index (χ0n) is 34.0. The molecule has 1 unspecified atom stereocenters. The van der Waals surface area contributed by atoms with Crippen molar-refractivity contribution in [1.29, 1.82) is 0 Å². The molecule has 0 aliphatic rings. The minimum absolute atomic E-state index is 0.153. The van der Waals surface area contributed by atoms with Crippen LogP contribution in [0.1, 0.15) is 162 Å². The summed E-state index contributed by atoms with van der Waals surface area (Å²) in [6.45, 7) is 2.63. The third-order valence-electron chi connectivity index (χ3n) is 8.53. The summed E-state index contributed by atoms with van der Waals surface area (Å²) in [6.07, 6.45) is 42.9. The Balaban J connectivity index is 4.43. The number of aliphatic carboxylic acids is 1. The van der Waals surface area contributed by atoms with Crippen LogP contribution in [0.4, 0.5) is 0 Å². The Morgan fingerprint density at radius 3 is 1.53 bits per heavy atom. The fraction of sp³-hybridized carbons (Fsp3) is 0.698. The van der Waals surface area contributed by atoms with Crippen LogP contribution in [-0.2, 0) is 37.5 Å². The molecule has 0 heterocycles. The first-order valence-corrected chi connectivity index (χ1v) is 22.3. The van der Waals surface area contributed by atoms with Crippen molar-refractivity contribution in [2.75, 3.05) is 19.8 Å². The minimum atomic E-state index is -4.72. The van der Waals surface area contributed by atoms with E-state index in [-0.39, 0.29) is 19.4 Å². The number of hydrogen-bond acceptors (Lipinski definition) is 9. The molecule has 0 amide bonds. The van der Waals surface area contributed by atoms with E-state index in [0.717, 1.165) is 70.6 Å². The number of unbranched alkanes of at least 4 members (excludes halogenated alkanes) is 14. The maximum atomic E-state index is 12.6. The first-order valence-electron chi connectivity index (χ1n) is 20.8. The number of carboxylic acids is 1. The number of phosphoric ester groups is 1. The topological polar surface area (TPSA) is 172 Å². The summed E-state index contributed by atoms with van der Waals surface area (Å²) < 4.78 is 32.6. The predicted molar refractivity (Wildman–Crippen MR) is 221 cm³/mol. The van der Waals surface area contributed by atoms with Crippen molar-refractivity contribution >= 4 is 25.7 Å². The average Bonchev–Trinajstić information content (AvgIpc) is 3.16. The normalized spacial score (nSPS) is 14.4. The monoisotopic (exact) mass is 796 g/mol. The number of hydrogen-bond donors (Lipinski definition) is 3. The lowest BCUT2D eigenvalue weighted by Gasteiger charge is -2.20. The number of carboxylic acid groups (broad SMARTS) is 1. The summed E-state index contributed by atoms with van der Waals surface area (Å²) in [4.78, 5) is 45.8. The molecule has 0 radical (unpaired) electrons. The summed E-state index contributed by atoms with van der Waals surface area (Å²) in [5.74, 6) is -2.42. The summed E-state index contributed by atoms with van der Waals surface area (Å²) in [5.41, 5.74) is 5.32. The standard InChI is InChI=1S/C43H74NO10P/c1-3-5-7-9-11-13-15-17-18-19-20-21-22-23-25-26-28-30-32-34-41(45)51-36-39(37-52-55(49,50)53-38-40(44)43(47)48)54-42(46)35-33-31-29-27-24-16-14-12-10-8-6-4-2/h5,7,11,13,17-18,20-21,23,25,39-40H,3-4,6,8-10,12,14-16,19,22,24,26-38,44H2,1-2H3,(H,47,48)(H,49,50)/b7-5+,13-11+,18-17+,21-20+,25-23+/t39-,40+/m0/s1. The van der Waals surface area contributed by atoms with Crippen LogP contribution in [0, 0.1) is 0 Å². The molecule has 0 aliphatic carbocycles. The van der Waals surface area contributed by atoms with Crippen LogP contribution >= 0.6 is 7.82 Å². The van der Waals surface area contributed by atoms with E-state index in [1.807, 2.05) is 0 Å². The molecule has 3 atom stereocenters. The number of carbonyl (C=O) groups excluding carboxylic acids is 2. The van der Waals surface area contributed by atoms with Gasteiger partial charge in [0.2, 0.25) is 0 Å². The molecule has 0 fully saturated rings. The Bertz CT molecular complexity index is 1170. The van der Waals surface area contributed by atoms with E-state index in [0.29, 0.717) is 12.8 Å². The van der Waals surface area contributed by atoms with Gasteiger partial charge in [-0.25, -0.2) is 4.57 Å². The number of allylic oxidation sites excluding steroid dienone is 10. The minimum Gasteiger partial charge on any atom is -0.480 e. The highest BCUT2D eigenvalue weighted by molar-refractivity contribution is 7.47. The van der Waals surface area contributed by atoms with Gasteiger partial charge in [-0.2, -0.15) is 0 Å². The van der Waals surface area contributed by atoms with Gasteiger partial charge in [0.1, 0.15) is 12.6 Å². The van der Waals surface area contributed by atoms with E-state index in [1.54, 1.807) is 0 Å². The van der Waals surface area contributed by atoms with Gasteiger partial charge in [0.25, 0.3) is 0 Å². The molecule has 0 aliphatic heterocycles. The molecule has 0 spiro atoms. The van der Waals surface area contributed by atoms with E-state index in [2.05, 4.69) is 79.1 Å². The molecule has 11 nitrogen and oxygen atoms in total. The fourth-order valence-corrected chi connectivity index (χ4v) is 6.04. The summed E-state index contributed by atoms with van der Waals surface area (Å²) in [6, 6.07) is -1.53. The van der Waals surface area contributed by atoms with Gasteiger partial charge in [0.05, 0.1) is 13.2 Å². The molecular formula is C43H74NO10P. The van der Waals surface area contributed by atoms with Crippen molar-refractivity contribution in [2.24, 2.45) is 5.73 Å². The fourth-order valence-electron chi connectivity index (χ4n) is 5.27. The lowest BCUT2D eigenvalue weighted by molar-refractivity contribution is -0.161. The van der Waals surface area contributed by atoms with E-state index in [1.165, 1.54) is 51.4 Å². The molecule has 0 aromatic heterocycles. The highest BCUT2D eigenvalue weighted by atomic mass is 31.2. The molecule has 0 rings (SSSR count). The highest BCUT2D eigenvalue weighted by Gasteiger charge is 2.28. The Labute approximate surface area is 332 Å². The Hall–Kier alpha value is -2.82. The average molecular weight is 796 g/mol. The highest BCUT2D eigenvalue weighted by Crippen LogP contribution is 2.43. The second-order valence-corrected chi connectivity index (χ2v) is 15.2. The van der Waals surface area contributed by atoms with Gasteiger partial charge in [-0.1, -0.05) is 152 Å². The van der Waals surface area contributed by atoms with E-state index < -0.39 is 51.1 Å². The Morgan fingerprint density at radius 2 is 1.02 bits per heavy atom. The number of phosphoric acid groups is 1. The predicted octanol–water partition coefficient (Wildman–Crippen LogP) is 10.8. The molecule has 12 heteroatoms. The summed E-state index contributed by atoms with van der Waals surface area (Å²) in [7, 11) is -4.72. The van der Waals surface area contributed by atoms with Crippen LogP contribution < -0.4 is 5.73 Å². The molecule has 0 aromatic rings. The molecule has 0 aromatic carbocycles. The van der Waals surface area contributed by atoms with Gasteiger partial charge in [-0.15, -0.1) is 0 Å². The quantitative estimate of drug-likeness (QED) is 0.0235. The number of esters is 2. The maximum Gasteiger partial charge on any atom is 0.472 e. The third-order valence-corrected chi connectivity index (χ3v) is 9.48. The molecular weight excluding hydrogens is 721 g/mol. The summed E-state index contributed by atoms with van der Waals surface area (Å²) in [5, 5.41) is 8.87. The second kappa shape index (κ2) is 38.1. The zero-order chi connectivity index (χ0) is 40.7. The van der Waals surface area contributed by atoms with E-state index in [9.17, 15) is 23.8 Å². The van der Waals surface area contributed by atoms with Crippen LogP contribution in [0.3, 0.4) is 0 Å². The molecule has 316 valence electrons. The van der Waals surface area contributed by atoms with Crippen molar-refractivity contribution in [2.45, 2.75) is 174 Å². The van der Waals surface area contributed by atoms with Crippen LogP contribution in [0.2, 0.25) is 0 Å². The lowest BCUT2D eigenvalue weighted by atomic mass is 10.0. The van der Waals surface area contributed by atoms with Crippen molar-refractivity contribution in [1.82, 2.24) is 0 Å². The smallest absolute Gasteiger partial charge is 0.472 e. The zero-order valence-corrected chi connectivity index (χ0v) is 34.9. The van der Waals surface area contributed by atoms with Crippen LogP contribution in [-0.4, -0.2) is 59.9 Å². The van der Waals surface area contributed by atoms with Crippen molar-refractivity contribution in [3.05, 3.63) is 60.8 Å². The molecule has 4 N–H and O–H groups in total. The van der Waals surface area contributed by atoms with Crippen molar-refractivity contribution in [3.63, 3.8) is 0 Å². The van der Waals surface area contributed by atoms with Crippen LogP contribution in [0.5, 0.6) is 0 Å². The van der Waals surface area contributed by atoms with Crippen molar-refractivity contribution < 1.29 is 47.5 Å². The Kier molecular flexibility index (Phi) is 36.1. The van der Waals surface area contributed by atoms with Gasteiger partial charge in [-0.3, -0.25) is 23.4 Å². The van der Waals surface area contributed by atoms with E-state index in [4.69, 9.17) is 24.8 Å². The van der Waals surface area contributed by atoms with Crippen LogP contribution in [0.25, 0.3) is 0 Å². The number of ether oxygens (including phenoxy) is 2. The Morgan fingerprint density at radius 1 is 0.582 bits per heavy atom. The first-order chi connectivity index (χ1) is 26.6. The molecule has 0 bridgehead atoms. The summed E-state index contributed by atoms with van der Waals surface area (Å²) >= 11 is 0. The van der Waals surface area contributed by atoms with Gasteiger partial charge >= 0.3 is 25.7 Å². The van der Waals surface area contributed by atoms with Gasteiger partial charge < -0.3 is 25.2 Å². The molecule has 55 heavy (non-hydrogen) atoms. The second-order valence-electron chi connectivity index (χ2n) is 13.7. The molecule has 0 saturated heterocycles. The largest absolute Gasteiger partial charge is 0.480 e. The van der Waals surface area contributed by atoms with Crippen LogP contribution in [0.15, 0.2) is 60.8 Å².